The Balaban J connectivity index is 1.40. The van der Waals surface area contributed by atoms with Crippen LogP contribution in [-0.4, -0.2) is 58.0 Å². The fraction of sp³-hybridized carbons (Fsp3) is 0.375. The maximum atomic E-state index is 11.9. The molecule has 0 spiro atoms. The van der Waals surface area contributed by atoms with E-state index >= 15 is 0 Å². The van der Waals surface area contributed by atoms with E-state index in [0.29, 0.717) is 16.4 Å². The monoisotopic (exact) mass is 560 g/mol. The van der Waals surface area contributed by atoms with E-state index in [4.69, 9.17) is 14.2 Å². The molecule has 0 amide bonds. The van der Waals surface area contributed by atoms with Gasteiger partial charge in [-0.3, -0.25) is 0 Å². The number of fused-ring (bicyclic) bond motifs is 2. The molecular formula is C32H36N2O7. The Kier molecular flexibility index (Phi) is 10.8. The lowest BCUT2D eigenvalue weighted by Crippen LogP contribution is -2.25. The SMILES string of the molecule is CCCCCCCCC(COc1nc2ccccc2cc1C(=O)O)OCCOc1nc2ccccc2cc1C(=O)O. The average molecular weight is 561 g/mol. The molecule has 9 heteroatoms. The maximum absolute atomic E-state index is 11.9. The number of carbonyl (C=O) groups is 2. The maximum Gasteiger partial charge on any atom is 0.341 e. The number of pyridine rings is 2. The summed E-state index contributed by atoms with van der Waals surface area (Å²) in [6.45, 7) is 2.57. The molecule has 0 aliphatic heterocycles. The van der Waals surface area contributed by atoms with Gasteiger partial charge in [0.2, 0.25) is 11.8 Å². The highest BCUT2D eigenvalue weighted by Crippen LogP contribution is 2.24. The molecule has 1 atom stereocenters. The highest BCUT2D eigenvalue weighted by molar-refractivity contribution is 5.96. The zero-order valence-corrected chi connectivity index (χ0v) is 23.3. The number of benzene rings is 2. The molecule has 1 unspecified atom stereocenters. The topological polar surface area (TPSA) is 128 Å². The molecule has 4 aromatic rings. The molecule has 0 aliphatic carbocycles. The smallest absolute Gasteiger partial charge is 0.341 e. The minimum Gasteiger partial charge on any atom is -0.477 e. The van der Waals surface area contributed by atoms with E-state index in [1.165, 1.54) is 19.3 Å². The summed E-state index contributed by atoms with van der Waals surface area (Å²) in [7, 11) is 0. The predicted octanol–water partition coefficient (Wildman–Crippen LogP) is 6.77. The molecule has 41 heavy (non-hydrogen) atoms. The minimum absolute atomic E-state index is 0.00562. The van der Waals surface area contributed by atoms with Gasteiger partial charge in [-0.1, -0.05) is 81.8 Å². The molecule has 0 saturated heterocycles. The van der Waals surface area contributed by atoms with E-state index in [-0.39, 0.29) is 48.8 Å². The number of nitrogens with zero attached hydrogens (tertiary/aromatic N) is 2. The fourth-order valence-electron chi connectivity index (χ4n) is 4.62. The average Bonchev–Trinajstić information content (AvgIpc) is 2.98. The van der Waals surface area contributed by atoms with Crippen LogP contribution in [0.2, 0.25) is 0 Å². The number of unbranched alkanes of at least 4 members (excludes halogenated alkanes) is 5. The first-order chi connectivity index (χ1) is 20.0. The summed E-state index contributed by atoms with van der Waals surface area (Å²) < 4.78 is 17.8. The number of hydrogen-bond donors (Lipinski definition) is 2. The van der Waals surface area contributed by atoms with Crippen LogP contribution < -0.4 is 9.47 Å². The van der Waals surface area contributed by atoms with Crippen molar-refractivity contribution in [2.75, 3.05) is 19.8 Å². The summed E-state index contributed by atoms with van der Waals surface area (Å²) in [5.41, 5.74) is 1.26. The van der Waals surface area contributed by atoms with E-state index in [1.807, 2.05) is 36.4 Å². The van der Waals surface area contributed by atoms with Crippen molar-refractivity contribution >= 4 is 33.7 Å². The molecule has 0 bridgehead atoms. The number of para-hydroxylation sites is 2. The molecule has 2 aromatic heterocycles. The van der Waals surface area contributed by atoms with Gasteiger partial charge in [-0.2, -0.15) is 0 Å². The van der Waals surface area contributed by atoms with Crippen molar-refractivity contribution in [2.45, 2.75) is 58.0 Å². The molecular weight excluding hydrogens is 524 g/mol. The third-order valence-electron chi connectivity index (χ3n) is 6.80. The molecule has 0 fully saturated rings. The Morgan fingerprint density at radius 3 is 1.85 bits per heavy atom. The van der Waals surface area contributed by atoms with E-state index < -0.39 is 11.9 Å². The second kappa shape index (κ2) is 14.9. The zero-order chi connectivity index (χ0) is 29.0. The number of ether oxygens (including phenoxy) is 3. The Hall–Kier alpha value is -4.24. The van der Waals surface area contributed by atoms with Gasteiger partial charge in [0.05, 0.1) is 23.7 Å². The van der Waals surface area contributed by atoms with Crippen LogP contribution in [0.4, 0.5) is 0 Å². The molecule has 0 saturated carbocycles. The van der Waals surface area contributed by atoms with E-state index in [1.54, 1.807) is 24.3 Å². The molecule has 2 aromatic carbocycles. The second-order valence-corrected chi connectivity index (χ2v) is 9.89. The van der Waals surface area contributed by atoms with Gasteiger partial charge in [0.25, 0.3) is 0 Å². The highest BCUT2D eigenvalue weighted by atomic mass is 16.6. The number of carboxylic acids is 2. The summed E-state index contributed by atoms with van der Waals surface area (Å²) in [4.78, 5) is 32.5. The Bertz CT molecular complexity index is 1470. The first kappa shape index (κ1) is 29.7. The normalized spacial score (nSPS) is 11.9. The second-order valence-electron chi connectivity index (χ2n) is 9.89. The molecule has 9 nitrogen and oxygen atoms in total. The van der Waals surface area contributed by atoms with Gasteiger partial charge in [0.15, 0.2) is 0 Å². The largest absolute Gasteiger partial charge is 0.477 e. The number of aromatic carboxylic acids is 2. The van der Waals surface area contributed by atoms with Crippen LogP contribution in [0.5, 0.6) is 11.8 Å². The third kappa shape index (κ3) is 8.38. The fourth-order valence-corrected chi connectivity index (χ4v) is 4.62. The van der Waals surface area contributed by atoms with Crippen LogP contribution >= 0.6 is 0 Å². The van der Waals surface area contributed by atoms with Gasteiger partial charge >= 0.3 is 11.9 Å². The Morgan fingerprint density at radius 2 is 1.27 bits per heavy atom. The molecule has 0 radical (unpaired) electrons. The van der Waals surface area contributed by atoms with Crippen molar-refractivity contribution in [1.82, 2.24) is 9.97 Å². The van der Waals surface area contributed by atoms with Gasteiger partial charge < -0.3 is 24.4 Å². The van der Waals surface area contributed by atoms with E-state index in [2.05, 4.69) is 16.9 Å². The standard InChI is InChI=1S/C32H36N2O7/c1-2-3-4-5-6-7-14-24(21-41-30-26(32(37)38)20-23-13-9-11-16-28(23)34-30)39-17-18-40-29-25(31(35)36)19-22-12-8-10-15-27(22)33-29/h8-13,15-16,19-20,24H,2-7,14,17-18,21H2,1H3,(H,35,36)(H,37,38). The van der Waals surface area contributed by atoms with Crippen molar-refractivity contribution in [3.63, 3.8) is 0 Å². The van der Waals surface area contributed by atoms with Crippen LogP contribution in [0.3, 0.4) is 0 Å². The van der Waals surface area contributed by atoms with E-state index in [0.717, 1.165) is 31.1 Å². The van der Waals surface area contributed by atoms with Crippen molar-refractivity contribution < 1.29 is 34.0 Å². The summed E-state index contributed by atoms with van der Waals surface area (Å²) in [6, 6.07) is 17.6. The van der Waals surface area contributed by atoms with Crippen molar-refractivity contribution in [3.8, 4) is 11.8 Å². The Labute approximate surface area is 239 Å². The first-order valence-electron chi connectivity index (χ1n) is 14.1. The van der Waals surface area contributed by atoms with Gasteiger partial charge in [-0.05, 0) is 30.7 Å². The lowest BCUT2D eigenvalue weighted by atomic mass is 10.1. The quantitative estimate of drug-likeness (QED) is 0.134. The van der Waals surface area contributed by atoms with Crippen LogP contribution in [0.25, 0.3) is 21.8 Å². The predicted molar refractivity (Wildman–Crippen MR) is 156 cm³/mol. The minimum atomic E-state index is -1.12. The van der Waals surface area contributed by atoms with Crippen LogP contribution in [-0.2, 0) is 4.74 Å². The lowest BCUT2D eigenvalue weighted by molar-refractivity contribution is -0.00109. The van der Waals surface area contributed by atoms with E-state index in [9.17, 15) is 19.8 Å². The highest BCUT2D eigenvalue weighted by Gasteiger charge is 2.19. The molecule has 2 heterocycles. The van der Waals surface area contributed by atoms with Crippen LogP contribution in [0.15, 0.2) is 60.7 Å². The molecule has 0 aliphatic rings. The number of carboxylic acid groups (broad SMARTS) is 2. The summed E-state index contributed by atoms with van der Waals surface area (Å²) in [5, 5.41) is 20.8. The van der Waals surface area contributed by atoms with Gasteiger partial charge in [-0.25, -0.2) is 19.6 Å². The molecule has 216 valence electrons. The van der Waals surface area contributed by atoms with Crippen LogP contribution in [0.1, 0.15) is 72.6 Å². The molecule has 2 N–H and O–H groups in total. The summed E-state index contributed by atoms with van der Waals surface area (Å²) >= 11 is 0. The number of hydrogen-bond acceptors (Lipinski definition) is 7. The van der Waals surface area contributed by atoms with Crippen molar-refractivity contribution in [3.05, 3.63) is 71.8 Å². The molecule has 4 rings (SSSR count). The van der Waals surface area contributed by atoms with Crippen molar-refractivity contribution in [2.24, 2.45) is 0 Å². The number of aromatic nitrogens is 2. The first-order valence-corrected chi connectivity index (χ1v) is 14.1. The zero-order valence-electron chi connectivity index (χ0n) is 23.3. The lowest BCUT2D eigenvalue weighted by Gasteiger charge is -2.19. The van der Waals surface area contributed by atoms with Gasteiger partial charge in [0.1, 0.15) is 24.3 Å². The summed E-state index contributed by atoms with van der Waals surface area (Å²) in [5.74, 6) is -2.15. The Morgan fingerprint density at radius 1 is 0.732 bits per heavy atom. The third-order valence-corrected chi connectivity index (χ3v) is 6.80. The number of rotatable bonds is 17. The van der Waals surface area contributed by atoms with Crippen LogP contribution in [0, 0.1) is 0 Å². The van der Waals surface area contributed by atoms with Gasteiger partial charge in [0, 0.05) is 10.8 Å². The van der Waals surface area contributed by atoms with Gasteiger partial charge in [-0.15, -0.1) is 0 Å². The van der Waals surface area contributed by atoms with Crippen molar-refractivity contribution in [1.29, 1.82) is 0 Å². The summed E-state index contributed by atoms with van der Waals surface area (Å²) in [6.07, 6.45) is 7.12.